The summed E-state index contributed by atoms with van der Waals surface area (Å²) in [4.78, 5) is 13.3. The Morgan fingerprint density at radius 1 is 0.828 bits per heavy atom. The van der Waals surface area contributed by atoms with Crippen molar-refractivity contribution in [1.82, 2.24) is 0 Å². The number of hydrogen-bond acceptors (Lipinski definition) is 4. The van der Waals surface area contributed by atoms with Gasteiger partial charge in [-0.1, -0.05) is 54.6 Å². The molecule has 0 unspecified atom stereocenters. The first-order valence-electron chi connectivity index (χ1n) is 9.19. The number of methoxy groups -OCH3 is 2. The molecule has 0 atom stereocenters. The average molecular weight is 384 g/mol. The molecule has 0 saturated heterocycles. The molecule has 3 aromatic rings. The first kappa shape index (κ1) is 18.5. The first-order chi connectivity index (χ1) is 14.2. The third-order valence-electron chi connectivity index (χ3n) is 4.64. The zero-order valence-corrected chi connectivity index (χ0v) is 16.2. The number of carbonyl (C=O) groups is 1. The smallest absolute Gasteiger partial charge is 0.281 e. The van der Waals surface area contributed by atoms with E-state index in [4.69, 9.17) is 9.47 Å². The van der Waals surface area contributed by atoms with Crippen LogP contribution in [0, 0.1) is 0 Å². The van der Waals surface area contributed by atoms with Crippen molar-refractivity contribution in [2.24, 2.45) is 5.10 Å². The second-order valence-electron chi connectivity index (χ2n) is 6.44. The van der Waals surface area contributed by atoms with Gasteiger partial charge in [-0.2, -0.15) is 10.1 Å². The Balaban J connectivity index is 1.81. The van der Waals surface area contributed by atoms with E-state index in [1.165, 1.54) is 5.01 Å². The summed E-state index contributed by atoms with van der Waals surface area (Å²) in [6, 6.07) is 24.6. The number of carbonyl (C=O) groups excluding carboxylic acids is 1. The van der Waals surface area contributed by atoms with Gasteiger partial charge in [0, 0.05) is 5.56 Å². The number of amides is 1. The van der Waals surface area contributed by atoms with Crippen LogP contribution in [0.3, 0.4) is 0 Å². The van der Waals surface area contributed by atoms with E-state index in [2.05, 4.69) is 5.10 Å². The molecule has 3 aromatic carbocycles. The lowest BCUT2D eigenvalue weighted by Gasteiger charge is -2.11. The summed E-state index contributed by atoms with van der Waals surface area (Å²) in [5, 5.41) is 6.08. The number of nitrogens with zero attached hydrogens (tertiary/aromatic N) is 2. The van der Waals surface area contributed by atoms with Crippen molar-refractivity contribution in [3.05, 3.63) is 95.6 Å². The van der Waals surface area contributed by atoms with Crippen LogP contribution in [0.1, 0.15) is 11.1 Å². The third kappa shape index (κ3) is 3.62. The third-order valence-corrected chi connectivity index (χ3v) is 4.64. The van der Waals surface area contributed by atoms with Crippen LogP contribution < -0.4 is 14.5 Å². The fourth-order valence-corrected chi connectivity index (χ4v) is 3.21. The van der Waals surface area contributed by atoms with Crippen molar-refractivity contribution in [2.45, 2.75) is 0 Å². The number of anilines is 1. The Bertz CT molecular complexity index is 1090. The molecule has 1 aliphatic rings. The van der Waals surface area contributed by atoms with Crippen LogP contribution in [0.4, 0.5) is 5.69 Å². The van der Waals surface area contributed by atoms with Crippen LogP contribution in [-0.2, 0) is 4.79 Å². The van der Waals surface area contributed by atoms with Crippen molar-refractivity contribution < 1.29 is 14.3 Å². The molecule has 0 radical (unpaired) electrons. The van der Waals surface area contributed by atoms with Gasteiger partial charge in [0.15, 0.2) is 11.5 Å². The van der Waals surface area contributed by atoms with Gasteiger partial charge in [-0.05, 0) is 35.9 Å². The molecule has 0 bridgehead atoms. The Morgan fingerprint density at radius 2 is 1.48 bits per heavy atom. The van der Waals surface area contributed by atoms with Crippen LogP contribution in [0.5, 0.6) is 11.5 Å². The van der Waals surface area contributed by atoms with Gasteiger partial charge in [0.25, 0.3) is 5.91 Å². The predicted molar refractivity (Wildman–Crippen MR) is 114 cm³/mol. The normalized spacial score (nSPS) is 14.8. The number of para-hydroxylation sites is 1. The van der Waals surface area contributed by atoms with Gasteiger partial charge < -0.3 is 9.47 Å². The molecule has 0 spiro atoms. The molecule has 0 fully saturated rings. The van der Waals surface area contributed by atoms with Crippen molar-refractivity contribution in [1.29, 1.82) is 0 Å². The van der Waals surface area contributed by atoms with Gasteiger partial charge in [0.2, 0.25) is 0 Å². The highest BCUT2D eigenvalue weighted by molar-refractivity contribution is 6.37. The molecular formula is C24H20N2O3. The summed E-state index contributed by atoms with van der Waals surface area (Å²) >= 11 is 0. The lowest BCUT2D eigenvalue weighted by atomic mass is 10.00. The number of hydrazone groups is 1. The first-order valence-corrected chi connectivity index (χ1v) is 9.19. The van der Waals surface area contributed by atoms with E-state index in [-0.39, 0.29) is 5.91 Å². The molecule has 0 aliphatic carbocycles. The average Bonchev–Trinajstić information content (AvgIpc) is 3.11. The maximum atomic E-state index is 13.3. The second-order valence-corrected chi connectivity index (χ2v) is 6.44. The SMILES string of the molecule is COc1ccc(C=C2C(=O)N(c3ccccc3)N=C2c2ccccc2)cc1OC. The van der Waals surface area contributed by atoms with E-state index in [1.54, 1.807) is 14.2 Å². The Kier molecular flexibility index (Phi) is 5.12. The lowest BCUT2D eigenvalue weighted by molar-refractivity contribution is -0.114. The van der Waals surface area contributed by atoms with Crippen molar-refractivity contribution in [3.63, 3.8) is 0 Å². The molecule has 144 valence electrons. The zero-order valence-electron chi connectivity index (χ0n) is 16.2. The van der Waals surface area contributed by atoms with Crippen LogP contribution in [-0.4, -0.2) is 25.8 Å². The summed E-state index contributed by atoms with van der Waals surface area (Å²) in [7, 11) is 3.18. The minimum Gasteiger partial charge on any atom is -0.493 e. The summed E-state index contributed by atoms with van der Waals surface area (Å²) in [5.74, 6) is 1.06. The van der Waals surface area contributed by atoms with E-state index < -0.39 is 0 Å². The lowest BCUT2D eigenvalue weighted by Crippen LogP contribution is -2.21. The van der Waals surface area contributed by atoms with Gasteiger partial charge >= 0.3 is 0 Å². The Labute approximate surface area is 169 Å². The van der Waals surface area contributed by atoms with E-state index in [0.717, 1.165) is 16.8 Å². The van der Waals surface area contributed by atoms with Crippen LogP contribution >= 0.6 is 0 Å². The Morgan fingerprint density at radius 3 is 2.14 bits per heavy atom. The van der Waals surface area contributed by atoms with E-state index in [9.17, 15) is 4.79 Å². The molecule has 0 aromatic heterocycles. The fraction of sp³-hybridized carbons (Fsp3) is 0.0833. The summed E-state index contributed by atoms with van der Waals surface area (Å²) in [6.07, 6.45) is 1.83. The molecular weight excluding hydrogens is 364 g/mol. The summed E-state index contributed by atoms with van der Waals surface area (Å²) < 4.78 is 10.7. The minimum absolute atomic E-state index is 0.176. The number of hydrogen-bond donors (Lipinski definition) is 0. The molecule has 29 heavy (non-hydrogen) atoms. The largest absolute Gasteiger partial charge is 0.493 e. The maximum absolute atomic E-state index is 13.3. The summed E-state index contributed by atoms with van der Waals surface area (Å²) in [5.41, 5.74) is 3.58. The number of benzene rings is 3. The van der Waals surface area contributed by atoms with E-state index in [1.807, 2.05) is 84.9 Å². The van der Waals surface area contributed by atoms with Gasteiger partial charge in [-0.3, -0.25) is 4.79 Å². The summed E-state index contributed by atoms with van der Waals surface area (Å²) in [6.45, 7) is 0. The van der Waals surface area contributed by atoms with Crippen LogP contribution in [0.15, 0.2) is 89.5 Å². The molecule has 1 aliphatic heterocycles. The second kappa shape index (κ2) is 8.02. The minimum atomic E-state index is -0.176. The van der Waals surface area contributed by atoms with Gasteiger partial charge in [-0.25, -0.2) is 0 Å². The maximum Gasteiger partial charge on any atom is 0.281 e. The van der Waals surface area contributed by atoms with Crippen molar-refractivity contribution >= 4 is 23.4 Å². The highest BCUT2D eigenvalue weighted by Gasteiger charge is 2.31. The monoisotopic (exact) mass is 384 g/mol. The quantitative estimate of drug-likeness (QED) is 0.607. The molecule has 1 heterocycles. The molecule has 4 rings (SSSR count). The fourth-order valence-electron chi connectivity index (χ4n) is 3.21. The van der Waals surface area contributed by atoms with Crippen molar-refractivity contribution in [3.8, 4) is 11.5 Å². The number of ether oxygens (including phenoxy) is 2. The van der Waals surface area contributed by atoms with Gasteiger partial charge in [0.1, 0.15) is 5.71 Å². The zero-order chi connectivity index (χ0) is 20.2. The van der Waals surface area contributed by atoms with Gasteiger partial charge in [-0.15, -0.1) is 0 Å². The molecule has 5 nitrogen and oxygen atoms in total. The van der Waals surface area contributed by atoms with Crippen molar-refractivity contribution in [2.75, 3.05) is 19.2 Å². The highest BCUT2D eigenvalue weighted by Crippen LogP contribution is 2.31. The van der Waals surface area contributed by atoms with Crippen LogP contribution in [0.25, 0.3) is 6.08 Å². The van der Waals surface area contributed by atoms with Gasteiger partial charge in [0.05, 0.1) is 25.5 Å². The topological polar surface area (TPSA) is 51.1 Å². The molecule has 0 N–H and O–H groups in total. The number of rotatable bonds is 5. The van der Waals surface area contributed by atoms with E-state index >= 15 is 0 Å². The molecule has 1 amide bonds. The van der Waals surface area contributed by atoms with Crippen LogP contribution in [0.2, 0.25) is 0 Å². The molecule has 5 heteroatoms. The van der Waals surface area contributed by atoms with E-state index in [0.29, 0.717) is 22.8 Å². The molecule has 0 saturated carbocycles. The Hall–Kier alpha value is -3.86. The standard InChI is InChI=1S/C24H20N2O3/c1-28-21-14-13-17(16-22(21)29-2)15-20-23(18-9-5-3-6-10-18)25-26(24(20)27)19-11-7-4-8-12-19/h3-16H,1-2H3. The highest BCUT2D eigenvalue weighted by atomic mass is 16.5. The predicted octanol–water partition coefficient (Wildman–Crippen LogP) is 4.54.